The summed E-state index contributed by atoms with van der Waals surface area (Å²) in [5, 5.41) is -0.712. The molecule has 0 aliphatic rings. The fraction of sp³-hybridized carbons (Fsp3) is 0.333. The van der Waals surface area contributed by atoms with Crippen LogP contribution in [0.4, 0.5) is 0 Å². The Kier molecular flexibility index (Phi) is 5.04. The van der Waals surface area contributed by atoms with E-state index in [1.165, 1.54) is 5.56 Å². The molecule has 0 saturated heterocycles. The molecular formula is C18H23NO2S. The molecule has 2 rings (SSSR count). The van der Waals surface area contributed by atoms with Crippen molar-refractivity contribution in [2.45, 2.75) is 36.8 Å². The molecule has 1 atom stereocenters. The molecule has 2 N–H and O–H groups in total. The predicted molar refractivity (Wildman–Crippen MR) is 90.7 cm³/mol. The number of rotatable bonds is 5. The summed E-state index contributed by atoms with van der Waals surface area (Å²) in [7, 11) is -3.48. The van der Waals surface area contributed by atoms with E-state index in [4.69, 9.17) is 5.73 Å². The Morgan fingerprint density at radius 3 is 1.86 bits per heavy atom. The molecule has 0 aromatic heterocycles. The molecule has 0 fully saturated rings. The van der Waals surface area contributed by atoms with Gasteiger partial charge in [0.05, 0.1) is 4.90 Å². The highest BCUT2D eigenvalue weighted by molar-refractivity contribution is 7.91. The van der Waals surface area contributed by atoms with E-state index < -0.39 is 15.1 Å². The highest BCUT2D eigenvalue weighted by Gasteiger charge is 2.27. The van der Waals surface area contributed by atoms with E-state index in [9.17, 15) is 8.42 Å². The summed E-state index contributed by atoms with van der Waals surface area (Å²) in [5.74, 6) is 0.416. The van der Waals surface area contributed by atoms with E-state index in [1.807, 2.05) is 43.3 Å². The van der Waals surface area contributed by atoms with Crippen molar-refractivity contribution in [2.75, 3.05) is 6.54 Å². The first-order valence-corrected chi connectivity index (χ1v) is 9.01. The number of sulfone groups is 1. The molecule has 22 heavy (non-hydrogen) atoms. The number of hydrogen-bond donors (Lipinski definition) is 1. The molecule has 3 nitrogen and oxygen atoms in total. The zero-order chi connectivity index (χ0) is 16.3. The maximum atomic E-state index is 12.8. The van der Waals surface area contributed by atoms with E-state index in [0.717, 1.165) is 11.1 Å². The van der Waals surface area contributed by atoms with Gasteiger partial charge in [-0.25, -0.2) is 8.42 Å². The first kappa shape index (κ1) is 16.7. The Morgan fingerprint density at radius 1 is 0.909 bits per heavy atom. The largest absolute Gasteiger partial charge is 0.329 e. The monoisotopic (exact) mass is 317 g/mol. The molecule has 118 valence electrons. The summed E-state index contributed by atoms with van der Waals surface area (Å²) in [6, 6.07) is 14.6. The Hall–Kier alpha value is -1.65. The van der Waals surface area contributed by atoms with Gasteiger partial charge in [0.25, 0.3) is 0 Å². The third-order valence-corrected chi connectivity index (χ3v) is 6.06. The molecule has 0 bridgehead atoms. The van der Waals surface area contributed by atoms with Crippen molar-refractivity contribution in [3.63, 3.8) is 0 Å². The van der Waals surface area contributed by atoms with Crippen molar-refractivity contribution in [1.29, 1.82) is 0 Å². The average molecular weight is 317 g/mol. The second-order valence-corrected chi connectivity index (χ2v) is 8.03. The van der Waals surface area contributed by atoms with Crippen LogP contribution in [0.25, 0.3) is 0 Å². The number of hydrogen-bond acceptors (Lipinski definition) is 3. The Bertz CT molecular complexity index is 717. The van der Waals surface area contributed by atoms with Crippen molar-refractivity contribution >= 4 is 9.84 Å². The van der Waals surface area contributed by atoms with E-state index in [1.54, 1.807) is 12.1 Å². The lowest BCUT2D eigenvalue weighted by Gasteiger charge is -2.17. The molecule has 4 heteroatoms. The summed E-state index contributed by atoms with van der Waals surface area (Å²) >= 11 is 0. The van der Waals surface area contributed by atoms with Crippen molar-refractivity contribution < 1.29 is 8.42 Å². The van der Waals surface area contributed by atoms with Gasteiger partial charge in [-0.3, -0.25) is 0 Å². The van der Waals surface area contributed by atoms with Gasteiger partial charge in [-0.05, 0) is 36.1 Å². The van der Waals surface area contributed by atoms with Crippen molar-refractivity contribution in [2.24, 2.45) is 5.73 Å². The van der Waals surface area contributed by atoms with Crippen LogP contribution in [-0.2, 0) is 9.84 Å². The maximum Gasteiger partial charge on any atom is 0.186 e. The van der Waals surface area contributed by atoms with E-state index >= 15 is 0 Å². The second kappa shape index (κ2) is 6.63. The number of benzene rings is 2. The summed E-state index contributed by atoms with van der Waals surface area (Å²) in [6.07, 6.45) is 0. The lowest BCUT2D eigenvalue weighted by atomic mass is 10.0. The molecule has 0 heterocycles. The highest BCUT2D eigenvalue weighted by Crippen LogP contribution is 2.29. The van der Waals surface area contributed by atoms with Gasteiger partial charge in [0.2, 0.25) is 0 Å². The minimum atomic E-state index is -3.48. The Morgan fingerprint density at radius 2 is 1.41 bits per heavy atom. The molecular weight excluding hydrogens is 294 g/mol. The molecule has 0 aliphatic carbocycles. The number of nitrogens with two attached hydrogens (primary N) is 1. The van der Waals surface area contributed by atoms with E-state index in [-0.39, 0.29) is 6.54 Å². The summed E-state index contributed by atoms with van der Waals surface area (Å²) < 4.78 is 25.6. The second-order valence-electron chi connectivity index (χ2n) is 5.90. The molecule has 0 radical (unpaired) electrons. The zero-order valence-corrected chi connectivity index (χ0v) is 14.1. The van der Waals surface area contributed by atoms with Gasteiger partial charge in [0.15, 0.2) is 9.84 Å². The molecule has 0 unspecified atom stereocenters. The average Bonchev–Trinajstić information content (AvgIpc) is 2.48. The number of aryl methyl sites for hydroxylation is 1. The van der Waals surface area contributed by atoms with Gasteiger partial charge in [-0.2, -0.15) is 0 Å². The van der Waals surface area contributed by atoms with Crippen LogP contribution < -0.4 is 5.73 Å². The Labute approximate surface area is 133 Å². The summed E-state index contributed by atoms with van der Waals surface area (Å²) in [4.78, 5) is 0.321. The molecule has 2 aromatic carbocycles. The normalized spacial score (nSPS) is 13.3. The van der Waals surface area contributed by atoms with Crippen LogP contribution in [0.15, 0.2) is 53.4 Å². The minimum absolute atomic E-state index is 0.0667. The maximum absolute atomic E-state index is 12.8. The quantitative estimate of drug-likeness (QED) is 0.916. The Balaban J connectivity index is 2.40. The van der Waals surface area contributed by atoms with Crippen LogP contribution in [0.2, 0.25) is 0 Å². The van der Waals surface area contributed by atoms with Gasteiger partial charge >= 0.3 is 0 Å². The summed E-state index contributed by atoms with van der Waals surface area (Å²) in [6.45, 7) is 6.22. The van der Waals surface area contributed by atoms with Crippen molar-refractivity contribution in [1.82, 2.24) is 0 Å². The molecule has 2 aromatic rings. The highest BCUT2D eigenvalue weighted by atomic mass is 32.2. The van der Waals surface area contributed by atoms with Gasteiger partial charge in [0.1, 0.15) is 5.25 Å². The molecule has 0 saturated carbocycles. The van der Waals surface area contributed by atoms with E-state index in [2.05, 4.69) is 13.8 Å². The van der Waals surface area contributed by atoms with Crippen LogP contribution in [0, 0.1) is 6.92 Å². The minimum Gasteiger partial charge on any atom is -0.329 e. The smallest absolute Gasteiger partial charge is 0.186 e. The third-order valence-electron chi connectivity index (χ3n) is 3.91. The lowest BCUT2D eigenvalue weighted by molar-refractivity contribution is 0.582. The van der Waals surface area contributed by atoms with Crippen LogP contribution in [-0.4, -0.2) is 15.0 Å². The SMILES string of the molecule is Cc1ccc(S(=O)(=O)[C@@H](CN)c2ccc(C(C)C)cc2)cc1. The first-order valence-electron chi connectivity index (χ1n) is 7.46. The fourth-order valence-corrected chi connectivity index (χ4v) is 4.04. The van der Waals surface area contributed by atoms with Crippen LogP contribution in [0.1, 0.15) is 41.7 Å². The fourth-order valence-electron chi connectivity index (χ4n) is 2.43. The topological polar surface area (TPSA) is 60.2 Å². The van der Waals surface area contributed by atoms with Gasteiger partial charge in [0, 0.05) is 6.54 Å². The molecule has 0 amide bonds. The standard InChI is InChI=1S/C18H23NO2S/c1-13(2)15-6-8-16(9-7-15)18(12-19)22(20,21)17-10-4-14(3)5-11-17/h4-11,13,18H,12,19H2,1-3H3/t18-/m0/s1. The van der Waals surface area contributed by atoms with Gasteiger partial charge in [-0.15, -0.1) is 0 Å². The van der Waals surface area contributed by atoms with E-state index in [0.29, 0.717) is 10.8 Å². The van der Waals surface area contributed by atoms with Crippen molar-refractivity contribution in [3.8, 4) is 0 Å². The predicted octanol–water partition coefficient (Wildman–Crippen LogP) is 3.59. The summed E-state index contributed by atoms with van der Waals surface area (Å²) in [5.41, 5.74) is 8.74. The molecule has 0 aliphatic heterocycles. The van der Waals surface area contributed by atoms with Gasteiger partial charge < -0.3 is 5.73 Å². The van der Waals surface area contributed by atoms with Crippen LogP contribution in [0.3, 0.4) is 0 Å². The lowest BCUT2D eigenvalue weighted by Crippen LogP contribution is -2.22. The first-order chi connectivity index (χ1) is 10.4. The van der Waals surface area contributed by atoms with Gasteiger partial charge in [-0.1, -0.05) is 55.8 Å². The zero-order valence-electron chi connectivity index (χ0n) is 13.3. The molecule has 0 spiro atoms. The third kappa shape index (κ3) is 3.39. The van der Waals surface area contributed by atoms with Crippen LogP contribution >= 0.6 is 0 Å². The van der Waals surface area contributed by atoms with Crippen LogP contribution in [0.5, 0.6) is 0 Å². The van der Waals surface area contributed by atoms with Crippen molar-refractivity contribution in [3.05, 3.63) is 65.2 Å².